The van der Waals surface area contributed by atoms with Crippen molar-refractivity contribution >= 4 is 17.0 Å². The van der Waals surface area contributed by atoms with Crippen molar-refractivity contribution in [3.8, 4) is 0 Å². The Bertz CT molecular complexity index is 715. The predicted molar refractivity (Wildman–Crippen MR) is 87.4 cm³/mol. The van der Waals surface area contributed by atoms with Crippen LogP contribution in [0, 0.1) is 0 Å². The lowest BCUT2D eigenvalue weighted by molar-refractivity contribution is -0.0355. The Labute approximate surface area is 139 Å². The van der Waals surface area contributed by atoms with E-state index in [9.17, 15) is 10.2 Å². The molecule has 3 heterocycles. The van der Waals surface area contributed by atoms with E-state index in [-0.39, 0.29) is 6.10 Å². The van der Waals surface area contributed by atoms with Crippen molar-refractivity contribution in [1.82, 2.24) is 19.5 Å². The molecule has 2 aliphatic rings. The maximum atomic E-state index is 10.3. The third-order valence-corrected chi connectivity index (χ3v) is 5.07. The van der Waals surface area contributed by atoms with Gasteiger partial charge < -0.3 is 20.3 Å². The standard InChI is InChI=1S/C16H23N5O3/c1-2-10-12(22)13(23)16(24-10)21-8-19-11-14(17-7-18-15(11)21)20-9-5-3-4-6-9/h7-10,12-13,16,22-23H,2-6H2,1H3,(H,17,18,20)/t10-,12-,13-,16-/m0/s1. The number of ether oxygens (including phenoxy) is 1. The first-order valence-electron chi connectivity index (χ1n) is 8.64. The number of imidazole rings is 1. The van der Waals surface area contributed by atoms with Crippen molar-refractivity contribution in [3.63, 3.8) is 0 Å². The monoisotopic (exact) mass is 333 g/mol. The normalized spacial score (nSPS) is 31.1. The van der Waals surface area contributed by atoms with Gasteiger partial charge in [-0.05, 0) is 19.3 Å². The van der Waals surface area contributed by atoms with Gasteiger partial charge in [0.25, 0.3) is 0 Å². The third kappa shape index (κ3) is 2.54. The number of fused-ring (bicyclic) bond motifs is 1. The molecule has 8 heteroatoms. The van der Waals surface area contributed by atoms with Crippen LogP contribution in [0.2, 0.25) is 0 Å². The zero-order valence-corrected chi connectivity index (χ0v) is 13.7. The van der Waals surface area contributed by atoms with E-state index in [4.69, 9.17) is 4.74 Å². The highest BCUT2D eigenvalue weighted by Crippen LogP contribution is 2.33. The molecule has 0 amide bonds. The van der Waals surface area contributed by atoms with Crippen LogP contribution >= 0.6 is 0 Å². The van der Waals surface area contributed by atoms with Gasteiger partial charge in [0.15, 0.2) is 23.2 Å². The van der Waals surface area contributed by atoms with Crippen LogP contribution in [0.5, 0.6) is 0 Å². The van der Waals surface area contributed by atoms with Crippen molar-refractivity contribution in [1.29, 1.82) is 0 Å². The second-order valence-corrected chi connectivity index (χ2v) is 6.63. The first-order chi connectivity index (χ1) is 11.7. The summed E-state index contributed by atoms with van der Waals surface area (Å²) in [6.45, 7) is 1.92. The van der Waals surface area contributed by atoms with Gasteiger partial charge in [-0.15, -0.1) is 0 Å². The lowest BCUT2D eigenvalue weighted by Crippen LogP contribution is -2.31. The number of aliphatic hydroxyl groups is 2. The lowest BCUT2D eigenvalue weighted by Gasteiger charge is -2.17. The van der Waals surface area contributed by atoms with Gasteiger partial charge in [0.2, 0.25) is 0 Å². The van der Waals surface area contributed by atoms with Crippen LogP contribution in [-0.4, -0.2) is 54.1 Å². The summed E-state index contributed by atoms with van der Waals surface area (Å²) in [7, 11) is 0. The van der Waals surface area contributed by atoms with E-state index in [2.05, 4.69) is 20.3 Å². The highest BCUT2D eigenvalue weighted by molar-refractivity contribution is 5.82. The molecule has 2 aromatic rings. The number of hydrogen-bond acceptors (Lipinski definition) is 7. The van der Waals surface area contributed by atoms with Crippen molar-refractivity contribution in [2.24, 2.45) is 0 Å². The second kappa shape index (κ2) is 6.27. The van der Waals surface area contributed by atoms with Crippen molar-refractivity contribution in [2.45, 2.75) is 69.6 Å². The van der Waals surface area contributed by atoms with Crippen LogP contribution in [0.25, 0.3) is 11.2 Å². The van der Waals surface area contributed by atoms with Crippen LogP contribution < -0.4 is 5.32 Å². The number of nitrogens with one attached hydrogen (secondary N) is 1. The summed E-state index contributed by atoms with van der Waals surface area (Å²) in [5.74, 6) is 0.714. The molecule has 4 atom stereocenters. The largest absolute Gasteiger partial charge is 0.388 e. The average Bonchev–Trinajstić information content (AvgIpc) is 3.30. The fourth-order valence-corrected chi connectivity index (χ4v) is 3.70. The number of aromatic nitrogens is 4. The maximum absolute atomic E-state index is 10.3. The number of hydrogen-bond donors (Lipinski definition) is 3. The second-order valence-electron chi connectivity index (χ2n) is 6.63. The summed E-state index contributed by atoms with van der Waals surface area (Å²) < 4.78 is 7.48. The number of anilines is 1. The predicted octanol–water partition coefficient (Wildman–Crippen LogP) is 1.21. The molecule has 1 aliphatic carbocycles. The number of rotatable bonds is 4. The molecule has 2 aromatic heterocycles. The van der Waals surface area contributed by atoms with E-state index < -0.39 is 18.4 Å². The van der Waals surface area contributed by atoms with Crippen LogP contribution in [0.4, 0.5) is 5.82 Å². The van der Waals surface area contributed by atoms with Crippen molar-refractivity contribution in [3.05, 3.63) is 12.7 Å². The fourth-order valence-electron chi connectivity index (χ4n) is 3.70. The molecule has 0 radical (unpaired) electrons. The summed E-state index contributed by atoms with van der Waals surface area (Å²) in [6.07, 6.45) is 5.48. The Hall–Kier alpha value is -1.77. The summed E-state index contributed by atoms with van der Waals surface area (Å²) in [6, 6.07) is 0.424. The summed E-state index contributed by atoms with van der Waals surface area (Å²) in [5, 5.41) is 23.8. The Morgan fingerprint density at radius 3 is 2.71 bits per heavy atom. The first kappa shape index (κ1) is 15.7. The Morgan fingerprint density at radius 2 is 2.00 bits per heavy atom. The Morgan fingerprint density at radius 1 is 1.21 bits per heavy atom. The average molecular weight is 333 g/mol. The zero-order valence-electron chi connectivity index (χ0n) is 13.7. The molecular weight excluding hydrogens is 310 g/mol. The van der Waals surface area contributed by atoms with Crippen LogP contribution in [0.1, 0.15) is 45.3 Å². The molecule has 3 N–H and O–H groups in total. The van der Waals surface area contributed by atoms with Gasteiger partial charge in [-0.25, -0.2) is 15.0 Å². The number of nitrogens with zero attached hydrogens (tertiary/aromatic N) is 4. The van der Waals surface area contributed by atoms with E-state index in [1.807, 2.05) is 6.92 Å². The van der Waals surface area contributed by atoms with Crippen LogP contribution in [0.3, 0.4) is 0 Å². The topological polar surface area (TPSA) is 105 Å². The summed E-state index contributed by atoms with van der Waals surface area (Å²) >= 11 is 0. The summed E-state index contributed by atoms with van der Waals surface area (Å²) in [5.41, 5.74) is 1.26. The molecule has 0 spiro atoms. The van der Waals surface area contributed by atoms with Gasteiger partial charge in [-0.1, -0.05) is 19.8 Å². The smallest absolute Gasteiger partial charge is 0.167 e. The molecule has 4 rings (SSSR count). The van der Waals surface area contributed by atoms with Gasteiger partial charge in [-0.3, -0.25) is 4.57 Å². The van der Waals surface area contributed by atoms with E-state index in [0.717, 1.165) is 12.8 Å². The van der Waals surface area contributed by atoms with E-state index >= 15 is 0 Å². The molecule has 1 saturated carbocycles. The van der Waals surface area contributed by atoms with Gasteiger partial charge in [0.1, 0.15) is 18.5 Å². The van der Waals surface area contributed by atoms with Gasteiger partial charge in [-0.2, -0.15) is 0 Å². The minimum absolute atomic E-state index is 0.389. The maximum Gasteiger partial charge on any atom is 0.167 e. The van der Waals surface area contributed by atoms with Crippen molar-refractivity contribution in [2.75, 3.05) is 5.32 Å². The number of aliphatic hydroxyl groups excluding tert-OH is 2. The zero-order chi connectivity index (χ0) is 16.7. The fraction of sp³-hybridized carbons (Fsp3) is 0.688. The van der Waals surface area contributed by atoms with Crippen molar-refractivity contribution < 1.29 is 14.9 Å². The van der Waals surface area contributed by atoms with Crippen LogP contribution in [0.15, 0.2) is 12.7 Å². The Kier molecular flexibility index (Phi) is 4.11. The van der Waals surface area contributed by atoms with Gasteiger partial charge >= 0.3 is 0 Å². The SMILES string of the molecule is CC[C@@H]1O[C@H](n2cnc3c(NC4CCCC4)ncnc32)[C@@H](O)[C@H]1O. The molecule has 1 saturated heterocycles. The minimum atomic E-state index is -1.01. The van der Waals surface area contributed by atoms with E-state index in [1.165, 1.54) is 19.2 Å². The molecule has 0 unspecified atom stereocenters. The Balaban J connectivity index is 1.65. The minimum Gasteiger partial charge on any atom is -0.388 e. The van der Waals surface area contributed by atoms with Gasteiger partial charge in [0.05, 0.1) is 12.4 Å². The molecule has 0 bridgehead atoms. The van der Waals surface area contributed by atoms with Crippen LogP contribution in [-0.2, 0) is 4.74 Å². The first-order valence-corrected chi connectivity index (χ1v) is 8.64. The van der Waals surface area contributed by atoms with E-state index in [1.54, 1.807) is 10.9 Å². The third-order valence-electron chi connectivity index (χ3n) is 5.07. The molecule has 130 valence electrons. The molecular formula is C16H23N5O3. The lowest BCUT2D eigenvalue weighted by atomic mass is 10.1. The van der Waals surface area contributed by atoms with E-state index in [0.29, 0.717) is 29.4 Å². The summed E-state index contributed by atoms with van der Waals surface area (Å²) in [4.78, 5) is 13.1. The highest BCUT2D eigenvalue weighted by atomic mass is 16.6. The quantitative estimate of drug-likeness (QED) is 0.772. The van der Waals surface area contributed by atoms with Gasteiger partial charge in [0, 0.05) is 6.04 Å². The molecule has 1 aliphatic heterocycles. The highest BCUT2D eigenvalue weighted by Gasteiger charge is 2.43. The molecule has 2 fully saturated rings. The molecule has 8 nitrogen and oxygen atoms in total. The molecule has 24 heavy (non-hydrogen) atoms. The molecule has 0 aromatic carbocycles.